The Hall–Kier alpha value is -1.52. The van der Waals surface area contributed by atoms with Crippen molar-refractivity contribution >= 4 is 38.4 Å². The van der Waals surface area contributed by atoms with Gasteiger partial charge in [-0.1, -0.05) is 39.7 Å². The van der Waals surface area contributed by atoms with E-state index in [-0.39, 0.29) is 5.82 Å². The number of aromatic nitrogens is 2. The van der Waals surface area contributed by atoms with E-state index >= 15 is 0 Å². The second-order valence-electron chi connectivity index (χ2n) is 4.42. The summed E-state index contributed by atoms with van der Waals surface area (Å²) < 4.78 is 14.3. The number of benzene rings is 2. The summed E-state index contributed by atoms with van der Waals surface area (Å²) in [5.41, 5.74) is 2.34. The van der Waals surface area contributed by atoms with Crippen molar-refractivity contribution in [3.05, 3.63) is 57.4 Å². The maximum absolute atomic E-state index is 13.3. The minimum Gasteiger partial charge on any atom is -0.228 e. The van der Waals surface area contributed by atoms with E-state index in [0.29, 0.717) is 16.5 Å². The predicted molar refractivity (Wildman–Crippen MR) is 82.4 cm³/mol. The molecule has 0 unspecified atom stereocenters. The summed E-state index contributed by atoms with van der Waals surface area (Å²) in [5.74, 6) is 0.0940. The summed E-state index contributed by atoms with van der Waals surface area (Å²) in [7, 11) is 0. The molecule has 0 aliphatic rings. The molecule has 0 aliphatic heterocycles. The minimum atomic E-state index is -0.326. The van der Waals surface area contributed by atoms with Gasteiger partial charge in [-0.3, -0.25) is 0 Å². The molecule has 5 heteroatoms. The molecule has 1 heterocycles. The molecule has 1 aromatic heterocycles. The molecular weight excluding hydrogens is 343 g/mol. The summed E-state index contributed by atoms with van der Waals surface area (Å²) >= 11 is 9.69. The quantitative estimate of drug-likeness (QED) is 0.566. The Labute approximate surface area is 128 Å². The summed E-state index contributed by atoms with van der Waals surface area (Å²) in [4.78, 5) is 8.77. The minimum absolute atomic E-state index is 0.326. The average Bonchev–Trinajstić information content (AvgIpc) is 2.43. The Morgan fingerprint density at radius 2 is 1.95 bits per heavy atom. The highest BCUT2D eigenvalue weighted by Gasteiger charge is 2.11. The molecule has 3 rings (SSSR count). The van der Waals surface area contributed by atoms with E-state index in [4.69, 9.17) is 11.6 Å². The first kappa shape index (κ1) is 13.5. The van der Waals surface area contributed by atoms with Crippen molar-refractivity contribution in [3.63, 3.8) is 0 Å². The molecule has 2 nitrogen and oxygen atoms in total. The van der Waals surface area contributed by atoms with Gasteiger partial charge in [-0.2, -0.15) is 0 Å². The number of aryl methyl sites for hydroxylation is 1. The lowest BCUT2D eigenvalue weighted by atomic mass is 10.1. The number of fused-ring (bicyclic) bond motifs is 1. The van der Waals surface area contributed by atoms with Crippen LogP contribution in [0.25, 0.3) is 22.3 Å². The van der Waals surface area contributed by atoms with Crippen LogP contribution in [-0.2, 0) is 0 Å². The normalized spacial score (nSPS) is 11.0. The van der Waals surface area contributed by atoms with Gasteiger partial charge in [0.25, 0.3) is 0 Å². The molecule has 0 radical (unpaired) electrons. The molecular formula is C15H9BrClFN2. The van der Waals surface area contributed by atoms with Crippen LogP contribution in [0, 0.1) is 12.7 Å². The van der Waals surface area contributed by atoms with E-state index in [1.807, 2.05) is 19.1 Å². The second-order valence-corrected chi connectivity index (χ2v) is 5.63. The highest BCUT2D eigenvalue weighted by molar-refractivity contribution is 9.10. The third kappa shape index (κ3) is 2.30. The van der Waals surface area contributed by atoms with Gasteiger partial charge in [-0.15, -0.1) is 0 Å². The van der Waals surface area contributed by atoms with E-state index < -0.39 is 0 Å². The van der Waals surface area contributed by atoms with Crippen LogP contribution in [0.15, 0.2) is 40.9 Å². The van der Waals surface area contributed by atoms with E-state index in [1.54, 1.807) is 12.1 Å². The Bertz CT molecular complexity index is 820. The fourth-order valence-electron chi connectivity index (χ4n) is 2.03. The van der Waals surface area contributed by atoms with Crippen molar-refractivity contribution in [1.29, 1.82) is 0 Å². The van der Waals surface area contributed by atoms with Crippen molar-refractivity contribution in [2.24, 2.45) is 0 Å². The molecule has 0 atom stereocenters. The van der Waals surface area contributed by atoms with E-state index in [9.17, 15) is 4.39 Å². The topological polar surface area (TPSA) is 25.8 Å². The van der Waals surface area contributed by atoms with Crippen LogP contribution in [0.5, 0.6) is 0 Å². The largest absolute Gasteiger partial charge is 0.228 e. The number of hydrogen-bond donors (Lipinski definition) is 0. The number of halogens is 3. The molecule has 2 aromatic carbocycles. The van der Waals surface area contributed by atoms with Gasteiger partial charge in [0.2, 0.25) is 0 Å². The Balaban J connectivity index is 2.31. The molecule has 3 aromatic rings. The highest BCUT2D eigenvalue weighted by atomic mass is 79.9. The first-order valence-electron chi connectivity index (χ1n) is 5.94. The van der Waals surface area contributed by atoms with Crippen LogP contribution in [0.4, 0.5) is 4.39 Å². The Morgan fingerprint density at radius 1 is 1.15 bits per heavy atom. The number of nitrogens with zero attached hydrogens (tertiary/aromatic N) is 2. The Morgan fingerprint density at radius 3 is 2.70 bits per heavy atom. The standard InChI is InChI=1S/C15H9BrClFN2/c1-8-12(16)6-5-11-13(8)19-15(20-14(11)17)9-3-2-4-10(18)7-9/h2-7H,1H3. The van der Waals surface area contributed by atoms with Crippen LogP contribution < -0.4 is 0 Å². The highest BCUT2D eigenvalue weighted by Crippen LogP contribution is 2.30. The smallest absolute Gasteiger partial charge is 0.161 e. The predicted octanol–water partition coefficient (Wildman–Crippen LogP) is 5.16. The molecule has 0 bridgehead atoms. The third-order valence-corrected chi connectivity index (χ3v) is 4.24. The van der Waals surface area contributed by atoms with Crippen LogP contribution >= 0.6 is 27.5 Å². The van der Waals surface area contributed by atoms with E-state index in [2.05, 4.69) is 25.9 Å². The number of hydrogen-bond acceptors (Lipinski definition) is 2. The summed E-state index contributed by atoms with van der Waals surface area (Å²) in [6, 6.07) is 9.94. The van der Waals surface area contributed by atoms with Crippen LogP contribution in [0.1, 0.15) is 5.56 Å². The van der Waals surface area contributed by atoms with Gasteiger partial charge in [-0.25, -0.2) is 14.4 Å². The van der Waals surface area contributed by atoms with Crippen LogP contribution in [-0.4, -0.2) is 9.97 Å². The molecule has 0 N–H and O–H groups in total. The summed E-state index contributed by atoms with van der Waals surface area (Å²) in [6.45, 7) is 1.95. The summed E-state index contributed by atoms with van der Waals surface area (Å²) in [6.07, 6.45) is 0. The van der Waals surface area contributed by atoms with Gasteiger partial charge in [0, 0.05) is 15.4 Å². The van der Waals surface area contributed by atoms with Crippen LogP contribution in [0.2, 0.25) is 5.15 Å². The van der Waals surface area contributed by atoms with Crippen molar-refractivity contribution in [2.75, 3.05) is 0 Å². The lowest BCUT2D eigenvalue weighted by Gasteiger charge is -2.08. The third-order valence-electron chi connectivity index (χ3n) is 3.09. The van der Waals surface area contributed by atoms with E-state index in [1.165, 1.54) is 12.1 Å². The Kier molecular flexibility index (Phi) is 3.44. The van der Waals surface area contributed by atoms with Gasteiger partial charge in [0.05, 0.1) is 5.52 Å². The fraction of sp³-hybridized carbons (Fsp3) is 0.0667. The van der Waals surface area contributed by atoms with E-state index in [0.717, 1.165) is 20.9 Å². The van der Waals surface area contributed by atoms with Crippen LogP contribution in [0.3, 0.4) is 0 Å². The molecule has 100 valence electrons. The van der Waals surface area contributed by atoms with Gasteiger partial charge in [-0.05, 0) is 36.8 Å². The molecule has 0 fully saturated rings. The van der Waals surface area contributed by atoms with Gasteiger partial charge in [0.1, 0.15) is 11.0 Å². The molecule has 20 heavy (non-hydrogen) atoms. The first-order valence-corrected chi connectivity index (χ1v) is 7.11. The lowest BCUT2D eigenvalue weighted by Crippen LogP contribution is -1.94. The molecule has 0 aliphatic carbocycles. The molecule has 0 saturated heterocycles. The first-order chi connectivity index (χ1) is 9.56. The summed E-state index contributed by atoms with van der Waals surface area (Å²) in [5, 5.41) is 1.15. The zero-order valence-corrected chi connectivity index (χ0v) is 12.8. The van der Waals surface area contributed by atoms with Crippen molar-refractivity contribution < 1.29 is 4.39 Å². The van der Waals surface area contributed by atoms with Crippen molar-refractivity contribution in [1.82, 2.24) is 9.97 Å². The van der Waals surface area contributed by atoms with Crippen molar-refractivity contribution in [2.45, 2.75) is 6.92 Å². The molecule has 0 amide bonds. The SMILES string of the molecule is Cc1c(Br)ccc2c(Cl)nc(-c3cccc(F)c3)nc12. The second kappa shape index (κ2) is 5.11. The average molecular weight is 352 g/mol. The number of rotatable bonds is 1. The zero-order valence-electron chi connectivity index (χ0n) is 10.5. The monoisotopic (exact) mass is 350 g/mol. The molecule has 0 saturated carbocycles. The molecule has 0 spiro atoms. The maximum atomic E-state index is 13.3. The maximum Gasteiger partial charge on any atom is 0.161 e. The fourth-order valence-corrected chi connectivity index (χ4v) is 2.58. The van der Waals surface area contributed by atoms with Crippen molar-refractivity contribution in [3.8, 4) is 11.4 Å². The van der Waals surface area contributed by atoms with Gasteiger partial charge < -0.3 is 0 Å². The van der Waals surface area contributed by atoms with Gasteiger partial charge >= 0.3 is 0 Å². The van der Waals surface area contributed by atoms with Gasteiger partial charge in [0.15, 0.2) is 5.82 Å². The zero-order chi connectivity index (χ0) is 14.3. The lowest BCUT2D eigenvalue weighted by molar-refractivity contribution is 0.628.